The monoisotopic (exact) mass is 461 g/mol. The van der Waals surface area contributed by atoms with Crippen LogP contribution in [0.25, 0.3) is 20.8 Å². The number of aliphatic carboxylic acids is 1. The molecule has 1 N–H and O–H groups in total. The zero-order valence-corrected chi connectivity index (χ0v) is 18.7. The minimum absolute atomic E-state index is 0.0191. The second-order valence-electron chi connectivity index (χ2n) is 8.11. The quantitative estimate of drug-likeness (QED) is 0.452. The molecule has 6 nitrogen and oxygen atoms in total. The molecule has 8 heteroatoms. The highest BCUT2D eigenvalue weighted by Gasteiger charge is 2.33. The van der Waals surface area contributed by atoms with Gasteiger partial charge in [-0.15, -0.1) is 11.3 Å². The number of rotatable bonds is 4. The predicted octanol–water partition coefficient (Wildman–Crippen LogP) is 4.44. The number of hydrogen-bond acceptors (Lipinski definition) is 6. The highest BCUT2D eigenvalue weighted by Crippen LogP contribution is 2.41. The Morgan fingerprint density at radius 1 is 1.16 bits per heavy atom. The fourth-order valence-corrected chi connectivity index (χ4v) is 6.79. The number of carbonyl (C=O) groups is 1. The van der Waals surface area contributed by atoms with E-state index in [1.807, 2.05) is 30.3 Å². The summed E-state index contributed by atoms with van der Waals surface area (Å²) in [6.07, 6.45) is 0.841. The normalized spacial score (nSPS) is 17.0. The molecule has 2 aromatic heterocycles. The summed E-state index contributed by atoms with van der Waals surface area (Å²) < 4.78 is 13.6. The fourth-order valence-electron chi connectivity index (χ4n) is 4.53. The summed E-state index contributed by atoms with van der Waals surface area (Å²) in [6, 6.07) is 16.2. The van der Waals surface area contributed by atoms with Crippen molar-refractivity contribution in [2.45, 2.75) is 24.3 Å². The van der Waals surface area contributed by atoms with Crippen molar-refractivity contribution in [2.24, 2.45) is 0 Å². The molecule has 0 aliphatic carbocycles. The molecule has 0 amide bonds. The van der Waals surface area contributed by atoms with Gasteiger partial charge in [0.1, 0.15) is 23.0 Å². The molecule has 6 rings (SSSR count). The first-order chi connectivity index (χ1) is 15.5. The molecule has 0 fully saturated rings. The van der Waals surface area contributed by atoms with Crippen LogP contribution in [0.4, 0.5) is 11.5 Å². The molecule has 2 aliphatic rings. The van der Waals surface area contributed by atoms with E-state index < -0.39 is 17.1 Å². The number of benzene rings is 2. The molecule has 2 aromatic carbocycles. The molecule has 0 saturated heterocycles. The molecule has 2 aliphatic heterocycles. The number of hydrogen-bond donors (Lipinski definition) is 1. The van der Waals surface area contributed by atoms with Crippen LogP contribution in [0.15, 0.2) is 48.5 Å². The van der Waals surface area contributed by atoms with E-state index in [1.54, 1.807) is 11.3 Å². The SMILES string of the molecule is O=C(O)Cc1ccc2c(c1)CCN2c1nc(-c2cc3ccccc3s2)nc2c1C[S+]([O-])C2. The molecule has 1 atom stereocenters. The van der Waals surface area contributed by atoms with E-state index in [1.165, 1.54) is 10.1 Å². The van der Waals surface area contributed by atoms with Crippen molar-refractivity contribution >= 4 is 50.1 Å². The van der Waals surface area contributed by atoms with Crippen LogP contribution in [-0.4, -0.2) is 32.1 Å². The van der Waals surface area contributed by atoms with E-state index in [0.717, 1.165) is 51.7 Å². The summed E-state index contributed by atoms with van der Waals surface area (Å²) in [4.78, 5) is 24.1. The lowest BCUT2D eigenvalue weighted by molar-refractivity contribution is -0.136. The number of aromatic nitrogens is 2. The minimum atomic E-state index is -0.968. The van der Waals surface area contributed by atoms with Gasteiger partial charge in [0.05, 0.1) is 16.9 Å². The second-order valence-corrected chi connectivity index (χ2v) is 10.6. The van der Waals surface area contributed by atoms with Crippen molar-refractivity contribution in [3.05, 3.63) is 70.9 Å². The molecule has 0 spiro atoms. The van der Waals surface area contributed by atoms with Crippen LogP contribution in [-0.2, 0) is 40.3 Å². The first kappa shape index (κ1) is 19.7. The van der Waals surface area contributed by atoms with Crippen LogP contribution in [0, 0.1) is 0 Å². The fraction of sp³-hybridized carbons (Fsp3) is 0.208. The number of fused-ring (bicyclic) bond motifs is 3. The zero-order valence-electron chi connectivity index (χ0n) is 17.1. The van der Waals surface area contributed by atoms with Gasteiger partial charge in [-0.25, -0.2) is 9.97 Å². The van der Waals surface area contributed by atoms with E-state index >= 15 is 0 Å². The number of thiophene rings is 1. The lowest BCUT2D eigenvalue weighted by Crippen LogP contribution is -2.18. The number of anilines is 2. The summed E-state index contributed by atoms with van der Waals surface area (Å²) in [5.41, 5.74) is 4.81. The Hall–Kier alpha value is -2.94. The first-order valence-corrected chi connectivity index (χ1v) is 12.7. The number of carboxylic acid groups (broad SMARTS) is 1. The van der Waals surface area contributed by atoms with Crippen LogP contribution in [0.5, 0.6) is 0 Å². The average molecular weight is 462 g/mol. The maximum Gasteiger partial charge on any atom is 0.307 e. The van der Waals surface area contributed by atoms with Crippen molar-refractivity contribution in [3.63, 3.8) is 0 Å². The van der Waals surface area contributed by atoms with Gasteiger partial charge in [-0.2, -0.15) is 0 Å². The van der Waals surface area contributed by atoms with Gasteiger partial charge in [0, 0.05) is 16.9 Å². The molecule has 0 bridgehead atoms. The van der Waals surface area contributed by atoms with Crippen LogP contribution in [0.1, 0.15) is 22.4 Å². The van der Waals surface area contributed by atoms with Crippen LogP contribution < -0.4 is 4.90 Å². The molecule has 160 valence electrons. The standard InChI is InChI=1S/C24H19N3O3S2/c28-22(29)10-14-5-6-19-15(9-14)7-8-27(19)24-17-12-32(30)13-18(17)25-23(26-24)21-11-16-3-1-2-4-20(16)31-21/h1-6,9,11H,7-8,10,12-13H2,(H,28,29). The van der Waals surface area contributed by atoms with Crippen molar-refractivity contribution in [1.29, 1.82) is 0 Å². The van der Waals surface area contributed by atoms with Gasteiger partial charge < -0.3 is 14.6 Å². The summed E-state index contributed by atoms with van der Waals surface area (Å²) >= 11 is 0.698. The van der Waals surface area contributed by atoms with Crippen molar-refractivity contribution in [2.75, 3.05) is 11.4 Å². The molecule has 0 saturated carbocycles. The predicted molar refractivity (Wildman–Crippen MR) is 127 cm³/mol. The van der Waals surface area contributed by atoms with Crippen molar-refractivity contribution in [3.8, 4) is 10.7 Å². The lowest BCUT2D eigenvalue weighted by Gasteiger charge is -2.21. The van der Waals surface area contributed by atoms with Gasteiger partial charge in [-0.3, -0.25) is 4.79 Å². The highest BCUT2D eigenvalue weighted by atomic mass is 32.2. The largest absolute Gasteiger partial charge is 0.616 e. The van der Waals surface area contributed by atoms with Gasteiger partial charge in [-0.1, -0.05) is 30.3 Å². The molecule has 4 heterocycles. The summed E-state index contributed by atoms with van der Waals surface area (Å²) in [5.74, 6) is 1.61. The Morgan fingerprint density at radius 3 is 2.88 bits per heavy atom. The van der Waals surface area contributed by atoms with E-state index in [4.69, 9.17) is 15.1 Å². The minimum Gasteiger partial charge on any atom is -0.616 e. The summed E-state index contributed by atoms with van der Waals surface area (Å²) in [7, 11) is 0. The molecular formula is C24H19N3O3S2. The average Bonchev–Trinajstić information content (AvgIpc) is 3.47. The second kappa shape index (κ2) is 7.58. The Labute approximate surface area is 191 Å². The van der Waals surface area contributed by atoms with Gasteiger partial charge in [0.15, 0.2) is 5.82 Å². The first-order valence-electron chi connectivity index (χ1n) is 10.4. The van der Waals surface area contributed by atoms with E-state index in [-0.39, 0.29) is 6.42 Å². The van der Waals surface area contributed by atoms with Gasteiger partial charge >= 0.3 is 5.97 Å². The number of carboxylic acids is 1. The maximum absolute atomic E-state index is 12.4. The van der Waals surface area contributed by atoms with Gasteiger partial charge in [-0.05, 0) is 52.3 Å². The van der Waals surface area contributed by atoms with Gasteiger partial charge in [0.2, 0.25) is 0 Å². The third-order valence-electron chi connectivity index (χ3n) is 5.97. The lowest BCUT2D eigenvalue weighted by atomic mass is 10.1. The molecule has 32 heavy (non-hydrogen) atoms. The topological polar surface area (TPSA) is 89.4 Å². The smallest absolute Gasteiger partial charge is 0.307 e. The molecule has 4 aromatic rings. The molecule has 0 radical (unpaired) electrons. The maximum atomic E-state index is 12.4. The molecule has 1 unspecified atom stereocenters. The Kier molecular flexibility index (Phi) is 4.67. The van der Waals surface area contributed by atoms with Gasteiger partial charge in [0.25, 0.3) is 0 Å². The summed E-state index contributed by atoms with van der Waals surface area (Å²) in [6.45, 7) is 0.758. The van der Waals surface area contributed by atoms with Crippen molar-refractivity contribution < 1.29 is 14.5 Å². The third-order valence-corrected chi connectivity index (χ3v) is 8.29. The Morgan fingerprint density at radius 2 is 2.03 bits per heavy atom. The third kappa shape index (κ3) is 3.35. The number of nitrogens with zero attached hydrogens (tertiary/aromatic N) is 3. The van der Waals surface area contributed by atoms with Crippen LogP contribution in [0.2, 0.25) is 0 Å². The van der Waals surface area contributed by atoms with Crippen LogP contribution >= 0.6 is 11.3 Å². The Bertz CT molecular complexity index is 1350. The highest BCUT2D eigenvalue weighted by molar-refractivity contribution is 7.90. The van der Waals surface area contributed by atoms with Crippen LogP contribution in [0.3, 0.4) is 0 Å². The Balaban J connectivity index is 1.45. The van der Waals surface area contributed by atoms with Crippen molar-refractivity contribution in [1.82, 2.24) is 9.97 Å². The van der Waals surface area contributed by atoms with E-state index in [0.29, 0.717) is 17.3 Å². The zero-order chi connectivity index (χ0) is 21.8. The van der Waals surface area contributed by atoms with E-state index in [2.05, 4.69) is 23.1 Å². The summed E-state index contributed by atoms with van der Waals surface area (Å²) in [5, 5.41) is 10.3. The van der Waals surface area contributed by atoms with E-state index in [9.17, 15) is 9.35 Å². The molecular weight excluding hydrogens is 442 g/mol.